The van der Waals surface area contributed by atoms with Gasteiger partial charge in [-0.15, -0.1) is 0 Å². The summed E-state index contributed by atoms with van der Waals surface area (Å²) in [6.45, 7) is 0.740. The third-order valence-corrected chi connectivity index (χ3v) is 1.69. The van der Waals surface area contributed by atoms with E-state index in [-0.39, 0.29) is 12.3 Å². The van der Waals surface area contributed by atoms with Crippen LogP contribution >= 0.6 is 0 Å². The highest BCUT2D eigenvalue weighted by atomic mass is 16.5. The second-order valence-corrected chi connectivity index (χ2v) is 2.78. The van der Waals surface area contributed by atoms with Crippen molar-refractivity contribution in [3.05, 3.63) is 18.1 Å². The number of esters is 1. The number of hydrogen-bond donors (Lipinski definition) is 2. The van der Waals surface area contributed by atoms with Crippen LogP contribution in [0.15, 0.2) is 12.4 Å². The monoisotopic (exact) mass is 211 g/mol. The number of aromatic nitrogens is 2. The van der Waals surface area contributed by atoms with Crippen molar-refractivity contribution in [1.29, 1.82) is 0 Å². The summed E-state index contributed by atoms with van der Waals surface area (Å²) in [7, 11) is 1.29. The van der Waals surface area contributed by atoms with Gasteiger partial charge in [0.2, 0.25) is 0 Å². The van der Waals surface area contributed by atoms with Crippen molar-refractivity contribution in [2.24, 2.45) is 0 Å². The average molecular weight is 211 g/mol. The maximum Gasteiger partial charge on any atom is 0.358 e. The summed E-state index contributed by atoms with van der Waals surface area (Å²) in [5.41, 5.74) is 0.171. The number of anilines is 1. The van der Waals surface area contributed by atoms with Gasteiger partial charge >= 0.3 is 5.97 Å². The topological polar surface area (TPSA) is 84.3 Å². The molecule has 82 valence electrons. The first-order valence-electron chi connectivity index (χ1n) is 4.53. The number of ether oxygens (including phenoxy) is 1. The quantitative estimate of drug-likeness (QED) is 0.529. The number of aliphatic hydroxyl groups is 1. The van der Waals surface area contributed by atoms with Crippen molar-refractivity contribution in [3.63, 3.8) is 0 Å². The first-order valence-corrected chi connectivity index (χ1v) is 4.53. The summed E-state index contributed by atoms with van der Waals surface area (Å²) in [5.74, 6) is 0.0560. The van der Waals surface area contributed by atoms with Gasteiger partial charge in [0.05, 0.1) is 19.5 Å². The summed E-state index contributed by atoms with van der Waals surface area (Å²) in [5, 5.41) is 11.5. The van der Waals surface area contributed by atoms with Crippen LogP contribution in [-0.2, 0) is 4.74 Å². The fourth-order valence-corrected chi connectivity index (χ4v) is 0.925. The lowest BCUT2D eigenvalue weighted by molar-refractivity contribution is 0.0593. The summed E-state index contributed by atoms with van der Waals surface area (Å²) in [6, 6.07) is 0. The van der Waals surface area contributed by atoms with E-state index in [9.17, 15) is 4.79 Å². The van der Waals surface area contributed by atoms with E-state index in [1.165, 1.54) is 19.5 Å². The van der Waals surface area contributed by atoms with Crippen LogP contribution in [0.1, 0.15) is 16.9 Å². The zero-order chi connectivity index (χ0) is 11.1. The van der Waals surface area contributed by atoms with E-state index in [1.54, 1.807) is 0 Å². The van der Waals surface area contributed by atoms with Crippen molar-refractivity contribution >= 4 is 11.8 Å². The van der Waals surface area contributed by atoms with Crippen molar-refractivity contribution < 1.29 is 14.6 Å². The van der Waals surface area contributed by atoms with Gasteiger partial charge in [0.15, 0.2) is 5.69 Å². The molecule has 0 unspecified atom stereocenters. The van der Waals surface area contributed by atoms with Gasteiger partial charge in [-0.25, -0.2) is 14.8 Å². The number of nitrogens with zero attached hydrogens (tertiary/aromatic N) is 2. The highest BCUT2D eigenvalue weighted by Gasteiger charge is 2.06. The van der Waals surface area contributed by atoms with E-state index in [1.807, 2.05) is 0 Å². The normalized spacial score (nSPS) is 9.73. The Kier molecular flexibility index (Phi) is 4.49. The maximum atomic E-state index is 11.0. The molecule has 0 atom stereocenters. The second kappa shape index (κ2) is 5.92. The molecule has 0 spiro atoms. The Morgan fingerprint density at radius 1 is 1.53 bits per heavy atom. The molecule has 0 aliphatic rings. The van der Waals surface area contributed by atoms with Gasteiger partial charge in [0, 0.05) is 13.2 Å². The van der Waals surface area contributed by atoms with Gasteiger partial charge in [-0.1, -0.05) is 0 Å². The number of rotatable bonds is 5. The highest BCUT2D eigenvalue weighted by molar-refractivity contribution is 5.86. The molecule has 2 N–H and O–H groups in total. The first kappa shape index (κ1) is 11.4. The predicted molar refractivity (Wildman–Crippen MR) is 53.6 cm³/mol. The molecular weight excluding hydrogens is 198 g/mol. The number of carbonyl (C=O) groups is 1. The third-order valence-electron chi connectivity index (χ3n) is 1.69. The Balaban J connectivity index is 2.52. The van der Waals surface area contributed by atoms with Crippen LogP contribution in [0.3, 0.4) is 0 Å². The van der Waals surface area contributed by atoms with E-state index >= 15 is 0 Å². The lowest BCUT2D eigenvalue weighted by atomic mass is 10.4. The summed E-state index contributed by atoms with van der Waals surface area (Å²) >= 11 is 0. The van der Waals surface area contributed by atoms with Gasteiger partial charge in [-0.05, 0) is 6.42 Å². The fraction of sp³-hybridized carbons (Fsp3) is 0.444. The summed E-state index contributed by atoms with van der Waals surface area (Å²) in [6.07, 6.45) is 3.43. The van der Waals surface area contributed by atoms with Crippen molar-refractivity contribution in [3.8, 4) is 0 Å². The molecule has 6 heteroatoms. The largest absolute Gasteiger partial charge is 0.464 e. The lowest BCUT2D eigenvalue weighted by Crippen LogP contribution is -2.08. The molecule has 0 amide bonds. The number of hydrogen-bond acceptors (Lipinski definition) is 6. The molecule has 0 aliphatic heterocycles. The molecule has 1 rings (SSSR count). The molecule has 0 bridgehead atoms. The van der Waals surface area contributed by atoms with E-state index in [0.717, 1.165) is 0 Å². The standard InChI is InChI=1S/C9H13N3O3/c1-15-9(14)7-5-12-8(6-11-7)10-3-2-4-13/h5-6,13H,2-4H2,1H3,(H,10,12). The zero-order valence-corrected chi connectivity index (χ0v) is 8.43. The van der Waals surface area contributed by atoms with E-state index in [0.29, 0.717) is 18.8 Å². The molecule has 1 aromatic rings. The Morgan fingerprint density at radius 2 is 2.33 bits per heavy atom. The number of nitrogens with one attached hydrogen (secondary N) is 1. The van der Waals surface area contributed by atoms with Gasteiger partial charge in [0.1, 0.15) is 5.82 Å². The minimum Gasteiger partial charge on any atom is -0.464 e. The van der Waals surface area contributed by atoms with E-state index in [4.69, 9.17) is 5.11 Å². The third kappa shape index (κ3) is 3.51. The van der Waals surface area contributed by atoms with Gasteiger partial charge in [-0.2, -0.15) is 0 Å². The number of carbonyl (C=O) groups excluding carboxylic acids is 1. The van der Waals surface area contributed by atoms with Gasteiger partial charge < -0.3 is 15.2 Å². The summed E-state index contributed by atoms with van der Waals surface area (Å²) < 4.78 is 4.48. The highest BCUT2D eigenvalue weighted by Crippen LogP contribution is 2.01. The van der Waals surface area contributed by atoms with E-state index < -0.39 is 5.97 Å². The average Bonchev–Trinajstić information content (AvgIpc) is 2.29. The minimum absolute atomic E-state index is 0.126. The Labute approximate surface area is 87.3 Å². The molecule has 1 heterocycles. The zero-order valence-electron chi connectivity index (χ0n) is 8.43. The van der Waals surface area contributed by atoms with Crippen LogP contribution in [0.5, 0.6) is 0 Å². The van der Waals surface area contributed by atoms with Gasteiger partial charge in [0.25, 0.3) is 0 Å². The summed E-state index contributed by atoms with van der Waals surface area (Å²) in [4.78, 5) is 18.8. The van der Waals surface area contributed by atoms with Crippen LogP contribution in [0.25, 0.3) is 0 Å². The van der Waals surface area contributed by atoms with Crippen LogP contribution in [0, 0.1) is 0 Å². The van der Waals surface area contributed by atoms with Crippen LogP contribution in [0.2, 0.25) is 0 Å². The Hall–Kier alpha value is -1.69. The van der Waals surface area contributed by atoms with Gasteiger partial charge in [-0.3, -0.25) is 0 Å². The van der Waals surface area contributed by atoms with Crippen molar-refractivity contribution in [1.82, 2.24) is 9.97 Å². The fourth-order valence-electron chi connectivity index (χ4n) is 0.925. The molecule has 6 nitrogen and oxygen atoms in total. The first-order chi connectivity index (χ1) is 7.27. The van der Waals surface area contributed by atoms with Crippen LogP contribution < -0.4 is 5.32 Å². The minimum atomic E-state index is -0.510. The lowest BCUT2D eigenvalue weighted by Gasteiger charge is -2.03. The SMILES string of the molecule is COC(=O)c1cnc(NCCCO)cn1. The van der Waals surface area contributed by atoms with Crippen LogP contribution in [0.4, 0.5) is 5.82 Å². The molecule has 0 saturated heterocycles. The Morgan fingerprint density at radius 3 is 2.87 bits per heavy atom. The molecule has 0 radical (unpaired) electrons. The van der Waals surface area contributed by atoms with Crippen molar-refractivity contribution in [2.45, 2.75) is 6.42 Å². The molecular formula is C9H13N3O3. The second-order valence-electron chi connectivity index (χ2n) is 2.78. The predicted octanol–water partition coefficient (Wildman–Crippen LogP) is 0.0575. The van der Waals surface area contributed by atoms with Crippen molar-refractivity contribution in [2.75, 3.05) is 25.6 Å². The van der Waals surface area contributed by atoms with Crippen LogP contribution in [-0.4, -0.2) is 41.3 Å². The molecule has 1 aromatic heterocycles. The molecule has 0 aliphatic carbocycles. The smallest absolute Gasteiger partial charge is 0.358 e. The van der Waals surface area contributed by atoms with E-state index in [2.05, 4.69) is 20.0 Å². The number of aliphatic hydroxyl groups excluding tert-OH is 1. The molecule has 0 fully saturated rings. The Bertz CT molecular complexity index is 313. The molecule has 15 heavy (non-hydrogen) atoms. The maximum absolute atomic E-state index is 11.0. The number of methoxy groups -OCH3 is 1. The molecule has 0 aromatic carbocycles. The molecule has 0 saturated carbocycles.